The minimum Gasteiger partial charge on any atom is -0.385 e. The largest absolute Gasteiger partial charge is 0.385 e. The molecule has 1 fully saturated rings. The summed E-state index contributed by atoms with van der Waals surface area (Å²) in [6.07, 6.45) is 1.94. The van der Waals surface area contributed by atoms with Crippen molar-refractivity contribution in [1.82, 2.24) is 14.8 Å². The number of ether oxygens (including phenoxy) is 1. The van der Waals surface area contributed by atoms with Crippen LogP contribution in [0.3, 0.4) is 0 Å². The van der Waals surface area contributed by atoms with Gasteiger partial charge < -0.3 is 14.4 Å². The minimum absolute atomic E-state index is 0.169. The highest BCUT2D eigenvalue weighted by Gasteiger charge is 2.28. The molecule has 1 saturated heterocycles. The van der Waals surface area contributed by atoms with Gasteiger partial charge in [-0.25, -0.2) is 0 Å². The Labute approximate surface area is 76.3 Å². The molecule has 0 bridgehead atoms. The smallest absolute Gasteiger partial charge is 0.161 e. The lowest BCUT2D eigenvalue weighted by atomic mass is 10.0. The van der Waals surface area contributed by atoms with Crippen LogP contribution < -0.4 is 0 Å². The predicted octanol–water partition coefficient (Wildman–Crippen LogP) is -0.115. The van der Waals surface area contributed by atoms with E-state index in [1.807, 2.05) is 7.05 Å². The van der Waals surface area contributed by atoms with E-state index in [1.54, 1.807) is 10.9 Å². The molecular weight excluding hydrogens is 170 g/mol. The molecule has 2 unspecified atom stereocenters. The molecule has 72 valence electrons. The Morgan fingerprint density at radius 1 is 1.77 bits per heavy atom. The maximum absolute atomic E-state index is 9.89. The summed E-state index contributed by atoms with van der Waals surface area (Å²) in [6, 6.07) is 0. The summed E-state index contributed by atoms with van der Waals surface area (Å²) in [5, 5.41) is 17.5. The van der Waals surface area contributed by atoms with E-state index in [4.69, 9.17) is 4.74 Å². The zero-order valence-electron chi connectivity index (χ0n) is 7.55. The number of aliphatic hydroxyl groups is 1. The molecule has 1 aliphatic heterocycles. The number of aryl methyl sites for hydroxylation is 1. The summed E-state index contributed by atoms with van der Waals surface area (Å²) in [6.45, 7) is 1.35. The second-order valence-electron chi connectivity index (χ2n) is 3.37. The van der Waals surface area contributed by atoms with E-state index in [2.05, 4.69) is 10.2 Å². The number of rotatable bonds is 2. The lowest BCUT2D eigenvalue weighted by Crippen LogP contribution is -2.16. The highest BCUT2D eigenvalue weighted by atomic mass is 16.5. The van der Waals surface area contributed by atoms with Crippen LogP contribution in [0, 0.1) is 5.92 Å². The average Bonchev–Trinajstić information content (AvgIpc) is 2.72. The van der Waals surface area contributed by atoms with E-state index in [9.17, 15) is 5.11 Å². The topological polar surface area (TPSA) is 60.2 Å². The highest BCUT2D eigenvalue weighted by Crippen LogP contribution is 2.26. The van der Waals surface area contributed by atoms with Gasteiger partial charge in [0.2, 0.25) is 0 Å². The minimum atomic E-state index is -0.546. The van der Waals surface area contributed by atoms with Crippen LogP contribution in [0.15, 0.2) is 6.33 Å². The van der Waals surface area contributed by atoms with Crippen molar-refractivity contribution in [2.75, 3.05) is 13.2 Å². The fourth-order valence-corrected chi connectivity index (χ4v) is 1.57. The molecule has 5 heteroatoms. The zero-order valence-corrected chi connectivity index (χ0v) is 7.55. The number of aliphatic hydroxyl groups excluding tert-OH is 1. The average molecular weight is 183 g/mol. The van der Waals surface area contributed by atoms with Crippen LogP contribution >= 0.6 is 0 Å². The molecule has 0 radical (unpaired) electrons. The molecule has 0 amide bonds. The first kappa shape index (κ1) is 8.65. The predicted molar refractivity (Wildman–Crippen MR) is 44.9 cm³/mol. The molecule has 0 aromatic carbocycles. The monoisotopic (exact) mass is 183 g/mol. The van der Waals surface area contributed by atoms with E-state index < -0.39 is 6.10 Å². The first-order chi connectivity index (χ1) is 6.29. The summed E-state index contributed by atoms with van der Waals surface area (Å²) < 4.78 is 6.94. The molecule has 1 N–H and O–H groups in total. The Kier molecular flexibility index (Phi) is 2.28. The Bertz CT molecular complexity index is 281. The van der Waals surface area contributed by atoms with Gasteiger partial charge in [0, 0.05) is 19.6 Å². The second-order valence-corrected chi connectivity index (χ2v) is 3.37. The van der Waals surface area contributed by atoms with E-state index >= 15 is 0 Å². The van der Waals surface area contributed by atoms with Crippen molar-refractivity contribution in [3.05, 3.63) is 12.2 Å². The van der Waals surface area contributed by atoms with Crippen LogP contribution in [0.1, 0.15) is 18.3 Å². The highest BCUT2D eigenvalue weighted by molar-refractivity contribution is 4.93. The van der Waals surface area contributed by atoms with E-state index in [1.165, 1.54) is 0 Å². The molecule has 1 aromatic heterocycles. The summed E-state index contributed by atoms with van der Waals surface area (Å²) in [5.74, 6) is 0.790. The third kappa shape index (κ3) is 1.57. The Hall–Kier alpha value is -0.940. The first-order valence-electron chi connectivity index (χ1n) is 4.38. The van der Waals surface area contributed by atoms with Gasteiger partial charge in [0.25, 0.3) is 0 Å². The van der Waals surface area contributed by atoms with Gasteiger partial charge in [-0.3, -0.25) is 0 Å². The third-order valence-electron chi connectivity index (χ3n) is 2.42. The molecular formula is C8H13N3O2. The Morgan fingerprint density at radius 2 is 2.62 bits per heavy atom. The lowest BCUT2D eigenvalue weighted by molar-refractivity contribution is 0.0825. The van der Waals surface area contributed by atoms with Crippen molar-refractivity contribution in [3.8, 4) is 0 Å². The maximum atomic E-state index is 9.89. The van der Waals surface area contributed by atoms with Gasteiger partial charge in [0.1, 0.15) is 12.4 Å². The molecule has 2 heterocycles. The van der Waals surface area contributed by atoms with Crippen molar-refractivity contribution in [2.45, 2.75) is 12.5 Å². The zero-order chi connectivity index (χ0) is 9.26. The van der Waals surface area contributed by atoms with E-state index in [0.29, 0.717) is 12.4 Å². The second kappa shape index (κ2) is 3.43. The molecule has 5 nitrogen and oxygen atoms in total. The lowest BCUT2D eigenvalue weighted by Gasteiger charge is -2.14. The van der Waals surface area contributed by atoms with Crippen molar-refractivity contribution in [1.29, 1.82) is 0 Å². The Morgan fingerprint density at radius 3 is 3.15 bits per heavy atom. The normalized spacial score (nSPS) is 24.9. The van der Waals surface area contributed by atoms with Crippen LogP contribution in [0.4, 0.5) is 0 Å². The standard InChI is InChI=1S/C8H13N3O2/c1-11-5-9-10-8(11)7(12)6-2-3-13-4-6/h5-7,12H,2-4H2,1H3. The SMILES string of the molecule is Cn1cnnc1C(O)C1CCOC1. The molecule has 0 aliphatic carbocycles. The number of hydrogen-bond donors (Lipinski definition) is 1. The van der Waals surface area contributed by atoms with Crippen molar-refractivity contribution < 1.29 is 9.84 Å². The fraction of sp³-hybridized carbons (Fsp3) is 0.750. The molecule has 1 aliphatic rings. The van der Waals surface area contributed by atoms with Crippen LogP contribution in [0.25, 0.3) is 0 Å². The summed E-state index contributed by atoms with van der Waals surface area (Å²) in [4.78, 5) is 0. The van der Waals surface area contributed by atoms with Crippen molar-refractivity contribution in [2.24, 2.45) is 13.0 Å². The summed E-state index contributed by atoms with van der Waals surface area (Å²) in [7, 11) is 1.83. The van der Waals surface area contributed by atoms with Gasteiger partial charge >= 0.3 is 0 Å². The quantitative estimate of drug-likeness (QED) is 0.694. The molecule has 1 aromatic rings. The first-order valence-corrected chi connectivity index (χ1v) is 4.38. The van der Waals surface area contributed by atoms with Crippen molar-refractivity contribution >= 4 is 0 Å². The molecule has 2 rings (SSSR count). The molecule has 0 spiro atoms. The van der Waals surface area contributed by atoms with Crippen LogP contribution in [-0.2, 0) is 11.8 Å². The number of hydrogen-bond acceptors (Lipinski definition) is 4. The van der Waals surface area contributed by atoms with Gasteiger partial charge in [-0.1, -0.05) is 0 Å². The molecule has 2 atom stereocenters. The fourth-order valence-electron chi connectivity index (χ4n) is 1.57. The van der Waals surface area contributed by atoms with Crippen molar-refractivity contribution in [3.63, 3.8) is 0 Å². The van der Waals surface area contributed by atoms with Crippen LogP contribution in [0.2, 0.25) is 0 Å². The van der Waals surface area contributed by atoms with Gasteiger partial charge in [0.15, 0.2) is 5.82 Å². The third-order valence-corrected chi connectivity index (χ3v) is 2.42. The van der Waals surface area contributed by atoms with E-state index in [0.717, 1.165) is 13.0 Å². The molecule has 13 heavy (non-hydrogen) atoms. The number of aromatic nitrogens is 3. The Balaban J connectivity index is 2.12. The van der Waals surface area contributed by atoms with Gasteiger partial charge in [-0.15, -0.1) is 10.2 Å². The van der Waals surface area contributed by atoms with Gasteiger partial charge in [0.05, 0.1) is 6.61 Å². The summed E-state index contributed by atoms with van der Waals surface area (Å²) >= 11 is 0. The van der Waals surface area contributed by atoms with Crippen LogP contribution in [0.5, 0.6) is 0 Å². The number of nitrogens with zero attached hydrogens (tertiary/aromatic N) is 3. The van der Waals surface area contributed by atoms with Gasteiger partial charge in [-0.05, 0) is 6.42 Å². The maximum Gasteiger partial charge on any atom is 0.161 e. The van der Waals surface area contributed by atoms with E-state index in [-0.39, 0.29) is 5.92 Å². The van der Waals surface area contributed by atoms with Crippen LogP contribution in [-0.4, -0.2) is 33.1 Å². The summed E-state index contributed by atoms with van der Waals surface area (Å²) in [5.41, 5.74) is 0. The molecule has 0 saturated carbocycles. The van der Waals surface area contributed by atoms with Gasteiger partial charge in [-0.2, -0.15) is 0 Å².